The lowest BCUT2D eigenvalue weighted by Crippen LogP contribution is -2.51. The van der Waals surface area contributed by atoms with Crippen LogP contribution in [0.2, 0.25) is 0 Å². The van der Waals surface area contributed by atoms with Crippen LogP contribution < -0.4 is 11.9 Å². The van der Waals surface area contributed by atoms with Crippen molar-refractivity contribution in [1.29, 1.82) is 0 Å². The molecule has 0 aliphatic carbocycles. The highest BCUT2D eigenvalue weighted by Gasteiger charge is 2.38. The number of hydrogen-bond donors (Lipinski definition) is 2. The summed E-state index contributed by atoms with van der Waals surface area (Å²) in [7, 11) is -4.49. The van der Waals surface area contributed by atoms with E-state index in [1.165, 1.54) is 44.9 Å². The minimum absolute atomic E-state index is 0. The summed E-state index contributed by atoms with van der Waals surface area (Å²) in [4.78, 5) is 16.7. The fourth-order valence-electron chi connectivity index (χ4n) is 3.17. The zero-order chi connectivity index (χ0) is 23.4. The Morgan fingerprint density at radius 3 is 1.84 bits per heavy atom. The van der Waals surface area contributed by atoms with Gasteiger partial charge >= 0.3 is 10.4 Å². The van der Waals surface area contributed by atoms with Gasteiger partial charge in [-0.2, -0.15) is 8.42 Å². The molecule has 0 aromatic heterocycles. The van der Waals surface area contributed by atoms with Crippen LogP contribution in [0.15, 0.2) is 12.2 Å². The number of Topliss-reactive ketones (excluding diaryl/α,β-unsaturated/α-hetero) is 1. The van der Waals surface area contributed by atoms with Gasteiger partial charge in [0.1, 0.15) is 0 Å². The maximum absolute atomic E-state index is 12.4. The van der Waals surface area contributed by atoms with E-state index >= 15 is 0 Å². The molecular weight excluding hydrogens is 432 g/mol. The van der Waals surface area contributed by atoms with Gasteiger partial charge in [-0.3, -0.25) is 10.5 Å². The third-order valence-electron chi connectivity index (χ3n) is 5.16. The van der Waals surface area contributed by atoms with Gasteiger partial charge in [-0.05, 0) is 45.4 Å². The first kappa shape index (κ1) is 33.3. The number of rotatable bonds is 22. The lowest BCUT2D eigenvalue weighted by atomic mass is 10.00. The highest BCUT2D eigenvalue weighted by atomic mass is 32.3. The van der Waals surface area contributed by atoms with Crippen molar-refractivity contribution in [2.45, 2.75) is 123 Å². The molecule has 0 saturated heterocycles. The standard InChI is InChI=1S/C23H45NO6S.H3N/c1-4-7-8-9-10-11-12-13-14-15-16-17-18-19-20-21-22(25)23(24,5-2)29-31(26,27)30-28-6-3;/h13-14H,4-12,15-21,24H2,1-3H3;1H3/b14-13-;. The third kappa shape index (κ3) is 17.7. The van der Waals surface area contributed by atoms with Crippen molar-refractivity contribution in [3.63, 3.8) is 0 Å². The summed E-state index contributed by atoms with van der Waals surface area (Å²) in [5.41, 5.74) is 3.95. The molecule has 0 rings (SSSR count). The second kappa shape index (κ2) is 20.7. The van der Waals surface area contributed by atoms with Gasteiger partial charge in [0, 0.05) is 6.42 Å². The van der Waals surface area contributed by atoms with E-state index in [9.17, 15) is 13.2 Å². The number of unbranched alkanes of at least 4 members (excludes halogenated alkanes) is 11. The van der Waals surface area contributed by atoms with E-state index in [4.69, 9.17) is 9.92 Å². The number of carbonyl (C=O) groups is 1. The first-order valence-corrected chi connectivity index (χ1v) is 13.4. The fraction of sp³-hybridized carbons (Fsp3) is 0.870. The molecule has 1 atom stereocenters. The number of allylic oxidation sites excluding steroid dienone is 2. The Morgan fingerprint density at radius 2 is 1.34 bits per heavy atom. The molecule has 8 nitrogen and oxygen atoms in total. The molecule has 0 bridgehead atoms. The van der Waals surface area contributed by atoms with E-state index in [2.05, 4.69) is 28.3 Å². The van der Waals surface area contributed by atoms with E-state index in [0.29, 0.717) is 6.42 Å². The van der Waals surface area contributed by atoms with Gasteiger partial charge in [0.05, 0.1) is 6.61 Å². The van der Waals surface area contributed by atoms with Gasteiger partial charge in [-0.1, -0.05) is 81.7 Å². The molecule has 0 heterocycles. The highest BCUT2D eigenvalue weighted by molar-refractivity contribution is 7.81. The van der Waals surface area contributed by atoms with Gasteiger partial charge in [-0.15, -0.1) is 0 Å². The Kier molecular flexibility index (Phi) is 21.6. The molecule has 0 spiro atoms. The van der Waals surface area contributed by atoms with Crippen LogP contribution in [0.5, 0.6) is 0 Å². The topological polar surface area (TPSA) is 140 Å². The van der Waals surface area contributed by atoms with Crippen LogP contribution in [-0.2, 0) is 28.6 Å². The molecule has 0 aliphatic heterocycles. The zero-order valence-corrected chi connectivity index (χ0v) is 21.4. The van der Waals surface area contributed by atoms with E-state index in [1.54, 1.807) is 13.8 Å². The van der Waals surface area contributed by atoms with Gasteiger partial charge < -0.3 is 6.15 Å². The predicted octanol–water partition coefficient (Wildman–Crippen LogP) is 6.05. The minimum atomic E-state index is -4.49. The van der Waals surface area contributed by atoms with Gasteiger partial charge in [0.15, 0.2) is 11.5 Å². The molecule has 192 valence electrons. The lowest BCUT2D eigenvalue weighted by molar-refractivity contribution is -0.209. The van der Waals surface area contributed by atoms with Crippen LogP contribution in [-0.4, -0.2) is 26.5 Å². The summed E-state index contributed by atoms with van der Waals surface area (Å²) in [5, 5.41) is 0. The Bertz CT molecular complexity index is 583. The van der Waals surface area contributed by atoms with Gasteiger partial charge in [0.25, 0.3) is 0 Å². The van der Waals surface area contributed by atoms with Crippen molar-refractivity contribution in [2.24, 2.45) is 5.73 Å². The second-order valence-corrected chi connectivity index (χ2v) is 9.09. The largest absolute Gasteiger partial charge is 0.428 e. The summed E-state index contributed by atoms with van der Waals surface area (Å²) >= 11 is 0. The monoisotopic (exact) mass is 480 g/mol. The van der Waals surface area contributed by atoms with Crippen LogP contribution in [0, 0.1) is 0 Å². The molecule has 0 fully saturated rings. The van der Waals surface area contributed by atoms with Crippen LogP contribution in [0.1, 0.15) is 117 Å². The van der Waals surface area contributed by atoms with E-state index in [0.717, 1.165) is 32.1 Å². The smallest absolute Gasteiger partial charge is 0.344 e. The highest BCUT2D eigenvalue weighted by Crippen LogP contribution is 2.19. The average Bonchev–Trinajstić information content (AvgIpc) is 2.74. The summed E-state index contributed by atoms with van der Waals surface area (Å²) in [5.74, 6) is -0.448. The van der Waals surface area contributed by atoms with Crippen LogP contribution in [0.4, 0.5) is 0 Å². The van der Waals surface area contributed by atoms with Gasteiger partial charge in [0.2, 0.25) is 0 Å². The van der Waals surface area contributed by atoms with E-state index in [1.807, 2.05) is 0 Å². The fourth-order valence-corrected chi connectivity index (χ4v) is 3.99. The molecule has 0 aromatic carbocycles. The summed E-state index contributed by atoms with van der Waals surface area (Å²) in [6, 6.07) is 0. The predicted molar refractivity (Wildman–Crippen MR) is 129 cm³/mol. The summed E-state index contributed by atoms with van der Waals surface area (Å²) < 4.78 is 32.3. The van der Waals surface area contributed by atoms with Gasteiger partial charge in [-0.25, -0.2) is 9.07 Å². The molecule has 0 amide bonds. The van der Waals surface area contributed by atoms with E-state index < -0.39 is 21.9 Å². The maximum Gasteiger partial charge on any atom is 0.428 e. The van der Waals surface area contributed by atoms with Crippen molar-refractivity contribution in [1.82, 2.24) is 6.15 Å². The normalized spacial score (nSPS) is 13.8. The number of carbonyl (C=O) groups excluding carboxylic acids is 1. The quantitative estimate of drug-likeness (QED) is 0.0627. The number of nitrogens with two attached hydrogens (primary N) is 1. The number of hydrogen-bond acceptors (Lipinski definition) is 8. The Hall–Kier alpha value is -0.840. The van der Waals surface area contributed by atoms with E-state index in [-0.39, 0.29) is 25.6 Å². The van der Waals surface area contributed by atoms with Crippen LogP contribution in [0.3, 0.4) is 0 Å². The Labute approximate surface area is 196 Å². The third-order valence-corrected chi connectivity index (χ3v) is 5.93. The first-order valence-electron chi connectivity index (χ1n) is 12.0. The van der Waals surface area contributed by atoms with Crippen LogP contribution in [0.25, 0.3) is 0 Å². The molecule has 9 heteroatoms. The van der Waals surface area contributed by atoms with Crippen molar-refractivity contribution < 1.29 is 26.6 Å². The maximum atomic E-state index is 12.4. The minimum Gasteiger partial charge on any atom is -0.344 e. The summed E-state index contributed by atoms with van der Waals surface area (Å²) in [6.07, 6.45) is 19.9. The molecule has 0 aliphatic rings. The Balaban J connectivity index is 0. The average molecular weight is 481 g/mol. The number of ketones is 1. The first-order chi connectivity index (χ1) is 14.8. The lowest BCUT2D eigenvalue weighted by Gasteiger charge is -2.25. The van der Waals surface area contributed by atoms with Crippen molar-refractivity contribution in [3.8, 4) is 0 Å². The molecule has 1 unspecified atom stereocenters. The molecule has 0 saturated carbocycles. The second-order valence-electron chi connectivity index (χ2n) is 7.97. The van der Waals surface area contributed by atoms with Crippen molar-refractivity contribution in [2.75, 3.05) is 6.61 Å². The SMILES string of the molecule is CCCCCCCC/C=C\CCCCCCCC(=O)C(N)(CC)OS(=O)(=O)OOCC.N. The molecule has 32 heavy (non-hydrogen) atoms. The molecular formula is C23H48N2O6S. The van der Waals surface area contributed by atoms with Crippen molar-refractivity contribution >= 4 is 16.2 Å². The molecule has 5 N–H and O–H groups in total. The van der Waals surface area contributed by atoms with Crippen molar-refractivity contribution in [3.05, 3.63) is 12.2 Å². The van der Waals surface area contributed by atoms with Crippen LogP contribution >= 0.6 is 0 Å². The molecule has 0 radical (unpaired) electrons. The summed E-state index contributed by atoms with van der Waals surface area (Å²) in [6.45, 7) is 5.41. The zero-order valence-electron chi connectivity index (χ0n) is 20.6. The Morgan fingerprint density at radius 1 is 0.844 bits per heavy atom. The molecule has 0 aromatic rings.